The van der Waals surface area contributed by atoms with Crippen LogP contribution in [0.1, 0.15) is 0 Å². The normalized spacial score (nSPS) is 15.9. The Balaban J connectivity index is 1.93. The molecule has 0 atom stereocenters. The first-order valence-corrected chi connectivity index (χ1v) is 6.10. The molecule has 0 spiro atoms. The summed E-state index contributed by atoms with van der Waals surface area (Å²) >= 11 is 5.88. The first-order valence-electron chi connectivity index (χ1n) is 5.72. The topological polar surface area (TPSA) is 56.1 Å². The zero-order chi connectivity index (χ0) is 12.4. The Bertz CT molecular complexity index is 520. The molecule has 94 valence electrons. The maximum Gasteiger partial charge on any atom is 0.204 e. The Labute approximate surface area is 109 Å². The molecule has 2 heterocycles. The number of morpholine rings is 1. The molecule has 1 aliphatic rings. The zero-order valence-electron chi connectivity index (χ0n) is 9.66. The van der Waals surface area contributed by atoms with Crippen LogP contribution in [0.4, 0.5) is 0 Å². The van der Waals surface area contributed by atoms with Gasteiger partial charge in [-0.15, -0.1) is 9.89 Å². The molecule has 0 radical (unpaired) electrons. The minimum atomic E-state index is 0.694. The van der Waals surface area contributed by atoms with Crippen LogP contribution in [0, 0.1) is 0 Å². The molecule has 7 heteroatoms. The number of hydrogen-bond acceptors (Lipinski definition) is 5. The van der Waals surface area contributed by atoms with Crippen LogP contribution < -0.4 is 5.01 Å². The van der Waals surface area contributed by atoms with E-state index in [1.807, 2.05) is 24.3 Å². The van der Waals surface area contributed by atoms with Gasteiger partial charge in [-0.3, -0.25) is 5.01 Å². The van der Waals surface area contributed by atoms with Gasteiger partial charge in [0.2, 0.25) is 5.82 Å². The summed E-state index contributed by atoms with van der Waals surface area (Å²) in [5.74, 6) is 0.716. The van der Waals surface area contributed by atoms with Gasteiger partial charge in [0.25, 0.3) is 0 Å². The fourth-order valence-corrected chi connectivity index (χ4v) is 2.01. The molecule has 1 aromatic heterocycles. The van der Waals surface area contributed by atoms with E-state index in [2.05, 4.69) is 20.5 Å². The van der Waals surface area contributed by atoms with Crippen molar-refractivity contribution in [3.8, 4) is 11.4 Å². The van der Waals surface area contributed by atoms with E-state index < -0.39 is 0 Å². The predicted molar refractivity (Wildman–Crippen MR) is 67.0 cm³/mol. The molecular weight excluding hydrogens is 254 g/mol. The SMILES string of the molecule is Clc1ccc(-c2nnnn2N2CCOCC2)cc1. The average molecular weight is 266 g/mol. The van der Waals surface area contributed by atoms with Gasteiger partial charge in [-0.1, -0.05) is 11.6 Å². The molecule has 0 unspecified atom stereocenters. The van der Waals surface area contributed by atoms with Crippen molar-refractivity contribution in [2.75, 3.05) is 31.3 Å². The molecule has 1 saturated heterocycles. The highest BCUT2D eigenvalue weighted by Crippen LogP contribution is 2.19. The Morgan fingerprint density at radius 2 is 1.83 bits per heavy atom. The molecule has 2 aromatic rings. The Hall–Kier alpha value is -1.66. The third-order valence-corrected chi connectivity index (χ3v) is 3.06. The maximum atomic E-state index is 5.88. The number of nitrogens with zero attached hydrogens (tertiary/aromatic N) is 5. The summed E-state index contributed by atoms with van der Waals surface area (Å²) in [4.78, 5) is 1.73. The Morgan fingerprint density at radius 3 is 2.56 bits per heavy atom. The molecule has 18 heavy (non-hydrogen) atoms. The molecule has 0 aliphatic carbocycles. The van der Waals surface area contributed by atoms with Crippen LogP contribution in [0.2, 0.25) is 5.02 Å². The van der Waals surface area contributed by atoms with Crippen molar-refractivity contribution in [1.82, 2.24) is 20.3 Å². The van der Waals surface area contributed by atoms with E-state index in [4.69, 9.17) is 16.3 Å². The van der Waals surface area contributed by atoms with Crippen LogP contribution in [-0.4, -0.2) is 46.6 Å². The highest BCUT2D eigenvalue weighted by Gasteiger charge is 2.17. The number of rotatable bonds is 2. The minimum absolute atomic E-state index is 0.694. The highest BCUT2D eigenvalue weighted by atomic mass is 35.5. The third kappa shape index (κ3) is 2.16. The van der Waals surface area contributed by atoms with Crippen molar-refractivity contribution in [3.63, 3.8) is 0 Å². The minimum Gasteiger partial charge on any atom is -0.378 e. The van der Waals surface area contributed by atoms with Gasteiger partial charge in [-0.2, -0.15) is 0 Å². The van der Waals surface area contributed by atoms with Gasteiger partial charge in [-0.25, -0.2) is 0 Å². The zero-order valence-corrected chi connectivity index (χ0v) is 10.4. The lowest BCUT2D eigenvalue weighted by molar-refractivity contribution is 0.109. The van der Waals surface area contributed by atoms with Crippen LogP contribution in [-0.2, 0) is 4.74 Å². The molecule has 1 aromatic carbocycles. The smallest absolute Gasteiger partial charge is 0.204 e. The van der Waals surface area contributed by atoms with E-state index in [0.717, 1.165) is 18.7 Å². The fraction of sp³-hybridized carbons (Fsp3) is 0.364. The summed E-state index contributed by atoms with van der Waals surface area (Å²) in [5, 5.41) is 14.6. The predicted octanol–water partition coefficient (Wildman–Crippen LogP) is 0.962. The van der Waals surface area contributed by atoms with Crippen molar-refractivity contribution in [2.24, 2.45) is 0 Å². The average Bonchev–Trinajstić information content (AvgIpc) is 2.90. The second-order valence-electron chi connectivity index (χ2n) is 3.96. The van der Waals surface area contributed by atoms with Gasteiger partial charge in [0, 0.05) is 10.6 Å². The van der Waals surface area contributed by atoms with Gasteiger partial charge >= 0.3 is 0 Å². The Kier molecular flexibility index (Phi) is 3.12. The van der Waals surface area contributed by atoms with Gasteiger partial charge in [0.05, 0.1) is 26.3 Å². The molecule has 3 rings (SSSR count). The quantitative estimate of drug-likeness (QED) is 0.810. The number of aromatic nitrogens is 4. The van der Waals surface area contributed by atoms with Crippen molar-refractivity contribution >= 4 is 11.6 Å². The van der Waals surface area contributed by atoms with E-state index in [9.17, 15) is 0 Å². The van der Waals surface area contributed by atoms with Crippen LogP contribution in [0.25, 0.3) is 11.4 Å². The number of benzene rings is 1. The van der Waals surface area contributed by atoms with Crippen LogP contribution in [0.5, 0.6) is 0 Å². The lowest BCUT2D eigenvalue weighted by Gasteiger charge is -2.28. The van der Waals surface area contributed by atoms with Gasteiger partial charge in [-0.05, 0) is 34.7 Å². The van der Waals surface area contributed by atoms with E-state index in [1.165, 1.54) is 0 Å². The summed E-state index contributed by atoms with van der Waals surface area (Å²) in [6.45, 7) is 2.96. The van der Waals surface area contributed by atoms with Crippen molar-refractivity contribution in [2.45, 2.75) is 0 Å². The number of ether oxygens (including phenoxy) is 1. The molecule has 0 N–H and O–H groups in total. The third-order valence-electron chi connectivity index (χ3n) is 2.81. The second-order valence-corrected chi connectivity index (χ2v) is 4.40. The monoisotopic (exact) mass is 265 g/mol. The molecule has 0 amide bonds. The molecule has 0 saturated carbocycles. The van der Waals surface area contributed by atoms with E-state index in [1.54, 1.807) is 4.79 Å². The second kappa shape index (κ2) is 4.91. The molecular formula is C11H12ClN5O. The van der Waals surface area contributed by atoms with Crippen LogP contribution in [0.15, 0.2) is 24.3 Å². The Morgan fingerprint density at radius 1 is 1.11 bits per heavy atom. The number of tetrazole rings is 1. The van der Waals surface area contributed by atoms with Crippen LogP contribution in [0.3, 0.4) is 0 Å². The lowest BCUT2D eigenvalue weighted by Crippen LogP contribution is -2.45. The fourth-order valence-electron chi connectivity index (χ4n) is 1.89. The maximum absolute atomic E-state index is 5.88. The molecule has 1 fully saturated rings. The summed E-state index contributed by atoms with van der Waals surface area (Å²) < 4.78 is 5.32. The van der Waals surface area contributed by atoms with Gasteiger partial charge < -0.3 is 4.74 Å². The molecule has 6 nitrogen and oxygen atoms in total. The summed E-state index contributed by atoms with van der Waals surface area (Å²) in [6, 6.07) is 7.47. The van der Waals surface area contributed by atoms with E-state index in [-0.39, 0.29) is 0 Å². The van der Waals surface area contributed by atoms with Crippen molar-refractivity contribution in [3.05, 3.63) is 29.3 Å². The van der Waals surface area contributed by atoms with Gasteiger partial charge in [0.1, 0.15) is 0 Å². The van der Waals surface area contributed by atoms with Crippen molar-refractivity contribution in [1.29, 1.82) is 0 Å². The first-order chi connectivity index (χ1) is 8.84. The number of hydrogen-bond donors (Lipinski definition) is 0. The number of halogens is 1. The van der Waals surface area contributed by atoms with E-state index in [0.29, 0.717) is 24.1 Å². The first kappa shape index (κ1) is 11.4. The largest absolute Gasteiger partial charge is 0.378 e. The van der Waals surface area contributed by atoms with Crippen molar-refractivity contribution < 1.29 is 4.74 Å². The molecule has 0 bridgehead atoms. The summed E-state index contributed by atoms with van der Waals surface area (Å²) in [6.07, 6.45) is 0. The van der Waals surface area contributed by atoms with Crippen LogP contribution >= 0.6 is 11.6 Å². The standard InChI is InChI=1S/C11H12ClN5O/c12-10-3-1-9(2-4-10)11-13-14-15-17(11)16-5-7-18-8-6-16/h1-4H,5-8H2. The highest BCUT2D eigenvalue weighted by molar-refractivity contribution is 6.30. The van der Waals surface area contributed by atoms with E-state index >= 15 is 0 Å². The van der Waals surface area contributed by atoms with Gasteiger partial charge in [0.15, 0.2) is 0 Å². The lowest BCUT2D eigenvalue weighted by atomic mass is 10.2. The summed E-state index contributed by atoms with van der Waals surface area (Å²) in [5.41, 5.74) is 0.941. The summed E-state index contributed by atoms with van der Waals surface area (Å²) in [7, 11) is 0. The molecule has 1 aliphatic heterocycles.